The van der Waals surface area contributed by atoms with Crippen LogP contribution < -0.4 is 10.1 Å². The number of aryl methyl sites for hydroxylation is 1. The first-order valence-corrected chi connectivity index (χ1v) is 8.57. The van der Waals surface area contributed by atoms with Crippen LogP contribution in [0.2, 0.25) is 0 Å². The van der Waals surface area contributed by atoms with Crippen molar-refractivity contribution in [3.05, 3.63) is 59.7 Å². The number of benzene rings is 2. The number of carbonyl (C=O) groups is 1. The fourth-order valence-electron chi connectivity index (χ4n) is 2.76. The lowest BCUT2D eigenvalue weighted by atomic mass is 10.2. The number of carbonyl (C=O) groups excluding carboxylic acids is 1. The Hall–Kier alpha value is -2.37. The van der Waals surface area contributed by atoms with E-state index in [0.29, 0.717) is 5.75 Å². The Morgan fingerprint density at radius 3 is 2.64 bits per heavy atom. The van der Waals surface area contributed by atoms with Gasteiger partial charge in [-0.15, -0.1) is 0 Å². The van der Waals surface area contributed by atoms with E-state index in [0.717, 1.165) is 44.1 Å². The molecule has 0 bridgehead atoms. The Bertz CT molecular complexity index is 694. The Balaban J connectivity index is 1.46. The van der Waals surface area contributed by atoms with Crippen molar-refractivity contribution in [2.75, 3.05) is 38.2 Å². The number of rotatable bonds is 6. The summed E-state index contributed by atoms with van der Waals surface area (Å²) in [7, 11) is 0. The van der Waals surface area contributed by atoms with E-state index in [1.165, 1.54) is 5.56 Å². The fraction of sp³-hybridized carbons (Fsp3) is 0.350. The molecular formula is C20H24N2O3. The van der Waals surface area contributed by atoms with Crippen LogP contribution in [0, 0.1) is 6.92 Å². The van der Waals surface area contributed by atoms with Gasteiger partial charge in [0.05, 0.1) is 13.2 Å². The van der Waals surface area contributed by atoms with Crippen molar-refractivity contribution < 1.29 is 14.3 Å². The molecule has 1 aliphatic heterocycles. The molecule has 5 heteroatoms. The molecule has 1 heterocycles. The number of amides is 1. The van der Waals surface area contributed by atoms with E-state index in [9.17, 15) is 4.79 Å². The van der Waals surface area contributed by atoms with Crippen molar-refractivity contribution in [3.63, 3.8) is 0 Å². The largest absolute Gasteiger partial charge is 0.484 e. The second kappa shape index (κ2) is 8.65. The summed E-state index contributed by atoms with van der Waals surface area (Å²) in [4.78, 5) is 14.4. The molecule has 132 valence electrons. The second-order valence-electron chi connectivity index (χ2n) is 6.24. The molecule has 0 atom stereocenters. The molecular weight excluding hydrogens is 316 g/mol. The van der Waals surface area contributed by atoms with Gasteiger partial charge in [-0.25, -0.2) is 0 Å². The zero-order valence-electron chi connectivity index (χ0n) is 14.5. The molecule has 25 heavy (non-hydrogen) atoms. The third-order valence-electron chi connectivity index (χ3n) is 4.11. The van der Waals surface area contributed by atoms with Gasteiger partial charge in [-0.2, -0.15) is 0 Å². The van der Waals surface area contributed by atoms with Crippen molar-refractivity contribution in [1.82, 2.24) is 4.90 Å². The van der Waals surface area contributed by atoms with Gasteiger partial charge in [0.15, 0.2) is 6.61 Å². The van der Waals surface area contributed by atoms with Gasteiger partial charge in [-0.3, -0.25) is 9.69 Å². The summed E-state index contributed by atoms with van der Waals surface area (Å²) in [5.74, 6) is 0.540. The molecule has 3 rings (SSSR count). The van der Waals surface area contributed by atoms with Crippen LogP contribution in [0.3, 0.4) is 0 Å². The molecule has 0 aliphatic carbocycles. The molecule has 0 aromatic heterocycles. The zero-order chi connectivity index (χ0) is 17.5. The molecule has 0 saturated carbocycles. The van der Waals surface area contributed by atoms with Crippen LogP contribution in [-0.2, 0) is 16.1 Å². The average Bonchev–Trinajstić information content (AvgIpc) is 2.63. The Morgan fingerprint density at radius 2 is 1.92 bits per heavy atom. The lowest BCUT2D eigenvalue weighted by Crippen LogP contribution is -2.35. The maximum atomic E-state index is 12.0. The number of hydrogen-bond donors (Lipinski definition) is 1. The number of hydrogen-bond acceptors (Lipinski definition) is 4. The summed E-state index contributed by atoms with van der Waals surface area (Å²) in [6, 6.07) is 15.6. The third kappa shape index (κ3) is 5.59. The van der Waals surface area contributed by atoms with Crippen LogP contribution in [0.15, 0.2) is 48.5 Å². The Labute approximate surface area is 148 Å². The van der Waals surface area contributed by atoms with E-state index in [4.69, 9.17) is 9.47 Å². The van der Waals surface area contributed by atoms with Crippen molar-refractivity contribution in [1.29, 1.82) is 0 Å². The van der Waals surface area contributed by atoms with Crippen molar-refractivity contribution in [3.8, 4) is 5.75 Å². The van der Waals surface area contributed by atoms with Gasteiger partial charge < -0.3 is 14.8 Å². The van der Waals surface area contributed by atoms with E-state index in [1.807, 2.05) is 55.5 Å². The van der Waals surface area contributed by atoms with E-state index >= 15 is 0 Å². The highest BCUT2D eigenvalue weighted by molar-refractivity contribution is 5.91. The Kier molecular flexibility index (Phi) is 6.04. The van der Waals surface area contributed by atoms with Gasteiger partial charge in [-0.05, 0) is 42.3 Å². The van der Waals surface area contributed by atoms with Crippen LogP contribution >= 0.6 is 0 Å². The van der Waals surface area contributed by atoms with Gasteiger partial charge in [0.25, 0.3) is 5.91 Å². The van der Waals surface area contributed by atoms with E-state index < -0.39 is 0 Å². The van der Waals surface area contributed by atoms with Gasteiger partial charge in [0.2, 0.25) is 0 Å². The third-order valence-corrected chi connectivity index (χ3v) is 4.11. The maximum absolute atomic E-state index is 12.0. The molecule has 1 amide bonds. The lowest BCUT2D eigenvalue weighted by molar-refractivity contribution is -0.118. The minimum atomic E-state index is -0.164. The minimum Gasteiger partial charge on any atom is -0.484 e. The predicted octanol–water partition coefficient (Wildman–Crippen LogP) is 2.84. The monoisotopic (exact) mass is 340 g/mol. The highest BCUT2D eigenvalue weighted by Crippen LogP contribution is 2.14. The first-order chi connectivity index (χ1) is 12.2. The van der Waals surface area contributed by atoms with Crippen molar-refractivity contribution in [2.45, 2.75) is 13.5 Å². The molecule has 0 unspecified atom stereocenters. The normalized spacial score (nSPS) is 14.9. The SMILES string of the molecule is Cc1cccc(OCC(=O)Nc2ccc(CN3CCOCC3)cc2)c1. The number of nitrogens with zero attached hydrogens (tertiary/aromatic N) is 1. The first-order valence-electron chi connectivity index (χ1n) is 8.57. The van der Waals surface area contributed by atoms with Crippen molar-refractivity contribution >= 4 is 11.6 Å². The molecule has 2 aromatic rings. The lowest BCUT2D eigenvalue weighted by Gasteiger charge is -2.26. The zero-order valence-corrected chi connectivity index (χ0v) is 14.5. The summed E-state index contributed by atoms with van der Waals surface area (Å²) >= 11 is 0. The number of morpholine rings is 1. The summed E-state index contributed by atoms with van der Waals surface area (Å²) in [6.07, 6.45) is 0. The maximum Gasteiger partial charge on any atom is 0.262 e. The molecule has 0 spiro atoms. The van der Waals surface area contributed by atoms with Crippen molar-refractivity contribution in [2.24, 2.45) is 0 Å². The molecule has 2 aromatic carbocycles. The minimum absolute atomic E-state index is 0.00101. The number of anilines is 1. The Morgan fingerprint density at radius 1 is 1.16 bits per heavy atom. The summed E-state index contributed by atoms with van der Waals surface area (Å²) < 4.78 is 10.9. The first kappa shape index (κ1) is 17.5. The fourth-order valence-corrected chi connectivity index (χ4v) is 2.76. The molecule has 1 aliphatic rings. The molecule has 1 fully saturated rings. The standard InChI is InChI=1S/C20H24N2O3/c1-16-3-2-4-19(13-16)25-15-20(23)21-18-7-5-17(6-8-18)14-22-9-11-24-12-10-22/h2-8,13H,9-12,14-15H2,1H3,(H,21,23). The number of nitrogens with one attached hydrogen (secondary N) is 1. The predicted molar refractivity (Wildman–Crippen MR) is 97.8 cm³/mol. The highest BCUT2D eigenvalue weighted by Gasteiger charge is 2.10. The molecule has 1 saturated heterocycles. The number of ether oxygens (including phenoxy) is 2. The highest BCUT2D eigenvalue weighted by atomic mass is 16.5. The summed E-state index contributed by atoms with van der Waals surface area (Å²) in [5, 5.41) is 2.86. The summed E-state index contributed by atoms with van der Waals surface area (Å²) in [6.45, 7) is 6.44. The van der Waals surface area contributed by atoms with E-state index in [2.05, 4.69) is 10.2 Å². The van der Waals surface area contributed by atoms with E-state index in [1.54, 1.807) is 0 Å². The molecule has 0 radical (unpaired) electrons. The van der Waals surface area contributed by atoms with Crippen LogP contribution in [-0.4, -0.2) is 43.7 Å². The average molecular weight is 340 g/mol. The quantitative estimate of drug-likeness (QED) is 0.878. The molecule has 1 N–H and O–H groups in total. The van der Waals surface area contributed by atoms with E-state index in [-0.39, 0.29) is 12.5 Å². The second-order valence-corrected chi connectivity index (χ2v) is 6.24. The van der Waals surface area contributed by atoms with Crippen LogP contribution in [0.5, 0.6) is 5.75 Å². The van der Waals surface area contributed by atoms with Crippen LogP contribution in [0.4, 0.5) is 5.69 Å². The van der Waals surface area contributed by atoms with Gasteiger partial charge in [-0.1, -0.05) is 24.3 Å². The topological polar surface area (TPSA) is 50.8 Å². The van der Waals surface area contributed by atoms with Gasteiger partial charge in [0, 0.05) is 25.3 Å². The van der Waals surface area contributed by atoms with Crippen LogP contribution in [0.1, 0.15) is 11.1 Å². The van der Waals surface area contributed by atoms with Gasteiger partial charge in [0.1, 0.15) is 5.75 Å². The summed E-state index contributed by atoms with van der Waals surface area (Å²) in [5.41, 5.74) is 3.12. The van der Waals surface area contributed by atoms with Crippen LogP contribution in [0.25, 0.3) is 0 Å². The smallest absolute Gasteiger partial charge is 0.262 e. The van der Waals surface area contributed by atoms with Gasteiger partial charge >= 0.3 is 0 Å². The molecule has 5 nitrogen and oxygen atoms in total.